The van der Waals surface area contributed by atoms with Crippen LogP contribution in [-0.4, -0.2) is 31.6 Å². The summed E-state index contributed by atoms with van der Waals surface area (Å²) < 4.78 is 10.9. The van der Waals surface area contributed by atoms with Crippen molar-refractivity contribution >= 4 is 11.9 Å². The standard InChI is InChI=1S/C17H22N4O3/c1-2-19-17(20-10-11-23-13-6-4-3-5-7-13)21-12-14-8-9-15(24-14)16(18)22/h3-9H,2,10-12H2,1H3,(H2,18,22)(H2,19,20,21). The van der Waals surface area contributed by atoms with E-state index in [9.17, 15) is 4.79 Å². The molecule has 0 aliphatic carbocycles. The number of amides is 1. The number of guanidine groups is 1. The monoisotopic (exact) mass is 330 g/mol. The summed E-state index contributed by atoms with van der Waals surface area (Å²) in [5.41, 5.74) is 5.15. The van der Waals surface area contributed by atoms with Crippen LogP contribution in [0.3, 0.4) is 0 Å². The molecule has 0 spiro atoms. The first kappa shape index (κ1) is 17.4. The average molecular weight is 330 g/mol. The van der Waals surface area contributed by atoms with E-state index in [1.807, 2.05) is 37.3 Å². The van der Waals surface area contributed by atoms with Gasteiger partial charge in [0.05, 0.1) is 6.54 Å². The van der Waals surface area contributed by atoms with Gasteiger partial charge in [0.1, 0.15) is 24.7 Å². The highest BCUT2D eigenvalue weighted by Gasteiger charge is 2.06. The minimum Gasteiger partial charge on any atom is -0.492 e. The van der Waals surface area contributed by atoms with Crippen LogP contribution in [0.25, 0.3) is 0 Å². The zero-order valence-corrected chi connectivity index (χ0v) is 13.6. The van der Waals surface area contributed by atoms with Crippen LogP contribution in [0.1, 0.15) is 23.2 Å². The molecule has 24 heavy (non-hydrogen) atoms. The van der Waals surface area contributed by atoms with Crippen LogP contribution in [0, 0.1) is 0 Å². The van der Waals surface area contributed by atoms with Gasteiger partial charge in [-0.3, -0.25) is 4.79 Å². The first-order valence-corrected chi connectivity index (χ1v) is 7.77. The van der Waals surface area contributed by atoms with E-state index in [4.69, 9.17) is 14.9 Å². The molecule has 1 aromatic carbocycles. The van der Waals surface area contributed by atoms with Gasteiger partial charge in [0.25, 0.3) is 5.91 Å². The molecule has 7 nitrogen and oxygen atoms in total. The first-order chi connectivity index (χ1) is 11.7. The quantitative estimate of drug-likeness (QED) is 0.387. The molecule has 0 aliphatic rings. The van der Waals surface area contributed by atoms with Crippen molar-refractivity contribution < 1.29 is 13.9 Å². The Labute approximate surface area is 140 Å². The van der Waals surface area contributed by atoms with Gasteiger partial charge >= 0.3 is 0 Å². The Morgan fingerprint density at radius 3 is 2.67 bits per heavy atom. The summed E-state index contributed by atoms with van der Waals surface area (Å²) in [7, 11) is 0. The van der Waals surface area contributed by atoms with Crippen LogP contribution in [0.15, 0.2) is 51.9 Å². The molecule has 2 aromatic rings. The molecule has 4 N–H and O–H groups in total. The van der Waals surface area contributed by atoms with Gasteiger partial charge in [-0.25, -0.2) is 4.99 Å². The van der Waals surface area contributed by atoms with E-state index in [2.05, 4.69) is 15.6 Å². The Bertz CT molecular complexity index is 667. The number of carbonyl (C=O) groups excluding carboxylic acids is 1. The second kappa shape index (κ2) is 9.24. The van der Waals surface area contributed by atoms with Gasteiger partial charge in [-0.2, -0.15) is 0 Å². The molecule has 0 aliphatic heterocycles. The number of hydrogen-bond acceptors (Lipinski definition) is 4. The van der Waals surface area contributed by atoms with Crippen molar-refractivity contribution in [1.82, 2.24) is 10.6 Å². The Kier molecular flexibility index (Phi) is 6.70. The fourth-order valence-electron chi connectivity index (χ4n) is 1.95. The average Bonchev–Trinajstić information content (AvgIpc) is 3.06. The summed E-state index contributed by atoms with van der Waals surface area (Å²) in [6.07, 6.45) is 0. The van der Waals surface area contributed by atoms with Crippen molar-refractivity contribution in [3.8, 4) is 5.75 Å². The van der Waals surface area contributed by atoms with Crippen LogP contribution < -0.4 is 21.1 Å². The Balaban J connectivity index is 1.80. The van der Waals surface area contributed by atoms with E-state index >= 15 is 0 Å². The van der Waals surface area contributed by atoms with Crippen molar-refractivity contribution in [2.24, 2.45) is 10.7 Å². The highest BCUT2D eigenvalue weighted by molar-refractivity contribution is 5.89. The lowest BCUT2D eigenvalue weighted by atomic mass is 10.3. The van der Waals surface area contributed by atoms with Gasteiger partial charge < -0.3 is 25.5 Å². The van der Waals surface area contributed by atoms with Gasteiger partial charge in [0.15, 0.2) is 11.7 Å². The molecule has 0 saturated heterocycles. The van der Waals surface area contributed by atoms with Crippen LogP contribution in [-0.2, 0) is 6.54 Å². The number of para-hydroxylation sites is 1. The van der Waals surface area contributed by atoms with E-state index in [1.54, 1.807) is 12.1 Å². The number of nitrogens with one attached hydrogen (secondary N) is 2. The van der Waals surface area contributed by atoms with E-state index in [0.29, 0.717) is 31.4 Å². The summed E-state index contributed by atoms with van der Waals surface area (Å²) in [6, 6.07) is 12.8. The van der Waals surface area contributed by atoms with E-state index in [-0.39, 0.29) is 5.76 Å². The molecule has 7 heteroatoms. The molecular weight excluding hydrogens is 308 g/mol. The lowest BCUT2D eigenvalue weighted by Gasteiger charge is -2.11. The number of carbonyl (C=O) groups is 1. The number of hydrogen-bond donors (Lipinski definition) is 3. The molecule has 1 aromatic heterocycles. The summed E-state index contributed by atoms with van der Waals surface area (Å²) in [5.74, 6) is 1.59. The van der Waals surface area contributed by atoms with Crippen molar-refractivity contribution in [2.75, 3.05) is 19.7 Å². The van der Waals surface area contributed by atoms with E-state index < -0.39 is 5.91 Å². The molecule has 0 radical (unpaired) electrons. The second-order valence-corrected chi connectivity index (χ2v) is 4.91. The lowest BCUT2D eigenvalue weighted by molar-refractivity contribution is 0.0972. The van der Waals surface area contributed by atoms with E-state index in [1.165, 1.54) is 0 Å². The number of primary amides is 1. The number of rotatable bonds is 8. The second-order valence-electron chi connectivity index (χ2n) is 4.91. The Morgan fingerprint density at radius 2 is 2.00 bits per heavy atom. The van der Waals surface area contributed by atoms with Crippen LogP contribution in [0.2, 0.25) is 0 Å². The summed E-state index contributed by atoms with van der Waals surface area (Å²) in [4.78, 5) is 15.4. The number of furan rings is 1. The zero-order chi connectivity index (χ0) is 17.2. The third kappa shape index (κ3) is 5.68. The molecule has 128 valence electrons. The normalized spacial score (nSPS) is 11.1. The molecule has 0 fully saturated rings. The fourth-order valence-corrected chi connectivity index (χ4v) is 1.95. The highest BCUT2D eigenvalue weighted by atomic mass is 16.5. The van der Waals surface area contributed by atoms with Gasteiger partial charge in [-0.1, -0.05) is 18.2 Å². The van der Waals surface area contributed by atoms with Gasteiger partial charge in [0, 0.05) is 6.54 Å². The maximum atomic E-state index is 11.0. The number of nitrogens with two attached hydrogens (primary N) is 1. The topological polar surface area (TPSA) is 102 Å². The summed E-state index contributed by atoms with van der Waals surface area (Å²) >= 11 is 0. The number of nitrogens with zero attached hydrogens (tertiary/aromatic N) is 1. The van der Waals surface area contributed by atoms with Gasteiger partial charge in [0.2, 0.25) is 0 Å². The predicted molar refractivity (Wildman–Crippen MR) is 92.0 cm³/mol. The molecule has 1 heterocycles. The molecule has 0 saturated carbocycles. The van der Waals surface area contributed by atoms with Crippen molar-refractivity contribution in [3.63, 3.8) is 0 Å². The van der Waals surface area contributed by atoms with Crippen molar-refractivity contribution in [1.29, 1.82) is 0 Å². The maximum absolute atomic E-state index is 11.0. The van der Waals surface area contributed by atoms with Crippen LogP contribution in [0.5, 0.6) is 5.75 Å². The lowest BCUT2D eigenvalue weighted by Crippen LogP contribution is -2.39. The first-order valence-electron chi connectivity index (χ1n) is 7.77. The minimum absolute atomic E-state index is 0.134. The highest BCUT2D eigenvalue weighted by Crippen LogP contribution is 2.08. The number of aliphatic imine (C=N–C) groups is 1. The van der Waals surface area contributed by atoms with Gasteiger partial charge in [-0.05, 0) is 31.2 Å². The summed E-state index contributed by atoms with van der Waals surface area (Å²) in [6.45, 7) is 4.14. The molecule has 1 amide bonds. The summed E-state index contributed by atoms with van der Waals surface area (Å²) in [5, 5.41) is 6.30. The minimum atomic E-state index is -0.590. The van der Waals surface area contributed by atoms with Crippen LogP contribution >= 0.6 is 0 Å². The Hall–Kier alpha value is -2.96. The third-order valence-electron chi connectivity index (χ3n) is 3.05. The van der Waals surface area contributed by atoms with Gasteiger partial charge in [-0.15, -0.1) is 0 Å². The Morgan fingerprint density at radius 1 is 1.21 bits per heavy atom. The molecule has 0 bridgehead atoms. The zero-order valence-electron chi connectivity index (χ0n) is 13.6. The van der Waals surface area contributed by atoms with Crippen molar-refractivity contribution in [2.45, 2.75) is 13.5 Å². The molecular formula is C17H22N4O3. The molecule has 2 rings (SSSR count). The molecule has 0 atom stereocenters. The third-order valence-corrected chi connectivity index (χ3v) is 3.05. The van der Waals surface area contributed by atoms with Crippen LogP contribution in [0.4, 0.5) is 0 Å². The fraction of sp³-hybridized carbons (Fsp3) is 0.294. The number of ether oxygens (including phenoxy) is 1. The number of benzene rings is 1. The molecule has 0 unspecified atom stereocenters. The maximum Gasteiger partial charge on any atom is 0.284 e. The van der Waals surface area contributed by atoms with E-state index in [0.717, 1.165) is 12.3 Å². The smallest absolute Gasteiger partial charge is 0.284 e. The predicted octanol–water partition coefficient (Wildman–Crippen LogP) is 1.51. The van der Waals surface area contributed by atoms with Crippen molar-refractivity contribution in [3.05, 3.63) is 54.0 Å². The SMILES string of the molecule is CCNC(=NCc1ccc(C(N)=O)o1)NCCOc1ccccc1. The largest absolute Gasteiger partial charge is 0.492 e.